The van der Waals surface area contributed by atoms with Gasteiger partial charge in [-0.25, -0.2) is 10.2 Å². The first-order chi connectivity index (χ1) is 21.6. The average molecular weight is 761 g/mol. The Balaban J connectivity index is 1.42. The lowest BCUT2D eigenvalue weighted by Gasteiger charge is -2.30. The predicted octanol–water partition coefficient (Wildman–Crippen LogP) is 5.58. The Hall–Kier alpha value is -4.34. The number of nitrogens with one attached hydrogen (secondary N) is 3. The summed E-state index contributed by atoms with van der Waals surface area (Å²) in [6.45, 7) is 3.35. The van der Waals surface area contributed by atoms with Crippen LogP contribution in [0.2, 0.25) is 0 Å². The summed E-state index contributed by atoms with van der Waals surface area (Å²) >= 11 is 12.0. The molecule has 234 valence electrons. The summed E-state index contributed by atoms with van der Waals surface area (Å²) in [5.74, 6) is -0.696. The van der Waals surface area contributed by atoms with Gasteiger partial charge in [0.15, 0.2) is 11.7 Å². The van der Waals surface area contributed by atoms with Crippen LogP contribution in [0.4, 0.5) is 5.69 Å². The molecule has 1 atom stereocenters. The lowest BCUT2D eigenvalue weighted by atomic mass is 9.95. The van der Waals surface area contributed by atoms with Crippen molar-refractivity contribution in [1.29, 1.82) is 0 Å². The number of carbonyl (C=O) groups is 2. The van der Waals surface area contributed by atoms with Crippen molar-refractivity contribution in [2.75, 3.05) is 13.2 Å². The molecule has 3 aromatic rings. The fourth-order valence-corrected chi connectivity index (χ4v) is 5.42. The van der Waals surface area contributed by atoms with E-state index >= 15 is 0 Å². The summed E-state index contributed by atoms with van der Waals surface area (Å²) in [5, 5.41) is 22.0. The van der Waals surface area contributed by atoms with Crippen molar-refractivity contribution in [3.63, 3.8) is 0 Å². The van der Waals surface area contributed by atoms with Gasteiger partial charge >= 0.3 is 11.7 Å². The maximum absolute atomic E-state index is 12.7. The number of benzene rings is 3. The van der Waals surface area contributed by atoms with E-state index < -0.39 is 29.4 Å². The number of halogens is 2. The van der Waals surface area contributed by atoms with Crippen LogP contribution in [0.15, 0.2) is 86.0 Å². The minimum absolute atomic E-state index is 0.0660. The first-order valence-corrected chi connectivity index (χ1v) is 15.4. The molecule has 3 aromatic carbocycles. The van der Waals surface area contributed by atoms with Crippen LogP contribution in [0, 0.1) is 10.1 Å². The fraction of sp³-hybridized carbons (Fsp3) is 0.200. The number of esters is 1. The zero-order chi connectivity index (χ0) is 32.5. The first kappa shape index (κ1) is 33.6. The molecule has 0 aromatic heterocycles. The molecule has 0 radical (unpaired) electrons. The molecule has 0 spiro atoms. The lowest BCUT2D eigenvalue weighted by molar-refractivity contribution is -0.386. The highest BCUT2D eigenvalue weighted by molar-refractivity contribution is 9.10. The summed E-state index contributed by atoms with van der Waals surface area (Å²) in [7, 11) is 0. The third-order valence-electron chi connectivity index (χ3n) is 6.30. The largest absolute Gasteiger partial charge is 0.483 e. The van der Waals surface area contributed by atoms with Crippen molar-refractivity contribution in [1.82, 2.24) is 16.1 Å². The monoisotopic (exact) mass is 759 g/mol. The second-order valence-electron chi connectivity index (χ2n) is 9.43. The highest BCUT2D eigenvalue weighted by Gasteiger charge is 2.32. The Morgan fingerprint density at radius 2 is 1.87 bits per heavy atom. The second kappa shape index (κ2) is 15.6. The van der Waals surface area contributed by atoms with Crippen LogP contribution in [0.3, 0.4) is 0 Å². The molecule has 0 fully saturated rings. The molecule has 0 bridgehead atoms. The zero-order valence-corrected chi connectivity index (χ0v) is 28.0. The van der Waals surface area contributed by atoms with Crippen LogP contribution in [0.5, 0.6) is 11.5 Å². The molecule has 1 aliphatic heterocycles. The van der Waals surface area contributed by atoms with Crippen LogP contribution in [0.1, 0.15) is 36.6 Å². The Kier molecular flexibility index (Phi) is 11.6. The number of allylic oxidation sites excluding steroid dienone is 1. The molecule has 0 saturated heterocycles. The van der Waals surface area contributed by atoms with E-state index in [9.17, 15) is 19.7 Å². The molecule has 4 rings (SSSR count). The normalized spacial score (nSPS) is 14.4. The first-order valence-electron chi connectivity index (χ1n) is 13.4. The summed E-state index contributed by atoms with van der Waals surface area (Å²) < 4.78 is 18.0. The number of nitrogens with zero attached hydrogens (tertiary/aromatic N) is 2. The Morgan fingerprint density at radius 3 is 2.58 bits per heavy atom. The van der Waals surface area contributed by atoms with Gasteiger partial charge in [-0.3, -0.25) is 14.9 Å². The molecule has 1 aliphatic rings. The van der Waals surface area contributed by atoms with E-state index in [1.165, 1.54) is 12.3 Å². The number of hydrogen-bond donors (Lipinski definition) is 3. The van der Waals surface area contributed by atoms with Crippen LogP contribution in [-0.2, 0) is 20.9 Å². The molecule has 3 N–H and O–H groups in total. The van der Waals surface area contributed by atoms with Gasteiger partial charge in [0.05, 0.1) is 33.8 Å². The van der Waals surface area contributed by atoms with E-state index in [4.69, 9.17) is 26.4 Å². The zero-order valence-electron chi connectivity index (χ0n) is 24.0. The highest BCUT2D eigenvalue weighted by atomic mass is 79.9. The van der Waals surface area contributed by atoms with Gasteiger partial charge in [0.2, 0.25) is 5.75 Å². The standard InChI is InChI=1S/C30H27Br2N5O7S/c1-3-42-29(39)26-17(2)34-30(45)35-27(26)21-6-4-5-7-24(21)43-16-25(38)36-33-14-19-12-22(32)28(23(13-19)37(40)41)44-15-18-8-10-20(31)11-9-18/h4-14,27H,3,15-16H2,1-2H3,(H,36,38)(H2,34,35,45)/t27-/m0/s1. The minimum atomic E-state index is -0.675. The van der Waals surface area contributed by atoms with E-state index in [0.717, 1.165) is 10.0 Å². The number of hydrogen-bond acceptors (Lipinski definition) is 9. The molecular weight excluding hydrogens is 734 g/mol. The van der Waals surface area contributed by atoms with E-state index in [-0.39, 0.29) is 24.7 Å². The molecule has 0 saturated carbocycles. The summed E-state index contributed by atoms with van der Waals surface area (Å²) in [6, 6.07) is 16.5. The van der Waals surface area contributed by atoms with Gasteiger partial charge in [-0.15, -0.1) is 0 Å². The quantitative estimate of drug-likeness (QED) is 0.0701. The van der Waals surface area contributed by atoms with Gasteiger partial charge in [0.25, 0.3) is 5.91 Å². The van der Waals surface area contributed by atoms with E-state index in [1.54, 1.807) is 44.2 Å². The second-order valence-corrected chi connectivity index (χ2v) is 11.6. The summed E-state index contributed by atoms with van der Waals surface area (Å²) in [6.07, 6.45) is 1.27. The molecule has 15 heteroatoms. The molecule has 0 unspecified atom stereocenters. The van der Waals surface area contributed by atoms with Crippen molar-refractivity contribution in [3.8, 4) is 11.5 Å². The number of nitro groups is 1. The van der Waals surface area contributed by atoms with Crippen LogP contribution >= 0.6 is 44.1 Å². The number of ether oxygens (including phenoxy) is 3. The molecule has 12 nitrogen and oxygen atoms in total. The summed E-state index contributed by atoms with van der Waals surface area (Å²) in [5.41, 5.74) is 4.70. The number of carbonyl (C=O) groups excluding carboxylic acids is 2. The number of hydrazone groups is 1. The lowest BCUT2D eigenvalue weighted by Crippen LogP contribution is -2.45. The number of para-hydroxylation sites is 1. The number of thiocarbonyl (C=S) groups is 1. The van der Waals surface area contributed by atoms with E-state index in [1.807, 2.05) is 24.3 Å². The topological polar surface area (TPSA) is 153 Å². The SMILES string of the molecule is CCOC(=O)C1=C(C)NC(=S)N[C@H]1c1ccccc1OCC(=O)NN=Cc1cc(Br)c(OCc2ccc(Br)cc2)c([N+](=O)[O-])c1. The maximum atomic E-state index is 12.7. The van der Waals surface area contributed by atoms with Crippen molar-refractivity contribution in [3.05, 3.63) is 108 Å². The fourth-order valence-electron chi connectivity index (χ4n) is 4.30. The summed E-state index contributed by atoms with van der Waals surface area (Å²) in [4.78, 5) is 36.5. The van der Waals surface area contributed by atoms with Gasteiger partial charge in [-0.1, -0.05) is 46.3 Å². The molecule has 1 amide bonds. The number of nitro benzene ring substituents is 1. The molecular formula is C30H27Br2N5O7S. The van der Waals surface area contributed by atoms with Gasteiger partial charge in [0.1, 0.15) is 12.4 Å². The predicted molar refractivity (Wildman–Crippen MR) is 178 cm³/mol. The number of rotatable bonds is 12. The van der Waals surface area contributed by atoms with Crippen molar-refractivity contribution in [2.24, 2.45) is 5.10 Å². The Labute approximate surface area is 280 Å². The third-order valence-corrected chi connectivity index (χ3v) is 7.63. The molecule has 0 aliphatic carbocycles. The van der Waals surface area contributed by atoms with Crippen molar-refractivity contribution in [2.45, 2.75) is 26.5 Å². The van der Waals surface area contributed by atoms with Gasteiger partial charge in [0, 0.05) is 27.4 Å². The Bertz CT molecular complexity index is 1680. The van der Waals surface area contributed by atoms with Gasteiger partial charge < -0.3 is 24.8 Å². The van der Waals surface area contributed by atoms with Crippen LogP contribution in [0.25, 0.3) is 0 Å². The van der Waals surface area contributed by atoms with Crippen molar-refractivity contribution < 1.29 is 28.7 Å². The maximum Gasteiger partial charge on any atom is 0.338 e. The van der Waals surface area contributed by atoms with Gasteiger partial charge in [-0.2, -0.15) is 5.10 Å². The highest BCUT2D eigenvalue weighted by Crippen LogP contribution is 2.37. The molecule has 1 heterocycles. The smallest absolute Gasteiger partial charge is 0.338 e. The van der Waals surface area contributed by atoms with E-state index in [0.29, 0.717) is 37.7 Å². The number of amides is 1. The minimum Gasteiger partial charge on any atom is -0.483 e. The van der Waals surface area contributed by atoms with Gasteiger partial charge in [-0.05, 0) is 71.8 Å². The third kappa shape index (κ3) is 8.86. The molecule has 45 heavy (non-hydrogen) atoms. The van der Waals surface area contributed by atoms with Crippen molar-refractivity contribution >= 4 is 73.0 Å². The Morgan fingerprint density at radius 1 is 1.13 bits per heavy atom. The average Bonchev–Trinajstić information content (AvgIpc) is 3.00. The van der Waals surface area contributed by atoms with E-state index in [2.05, 4.69) is 53.0 Å². The van der Waals surface area contributed by atoms with Crippen LogP contribution in [-0.4, -0.2) is 41.3 Å². The van der Waals surface area contributed by atoms with Crippen LogP contribution < -0.4 is 25.5 Å².